The van der Waals surface area contributed by atoms with Gasteiger partial charge in [0, 0.05) is 17.1 Å². The maximum absolute atomic E-state index is 14.1. The van der Waals surface area contributed by atoms with Gasteiger partial charge in [-0.25, -0.2) is 4.39 Å². The smallest absolute Gasteiger partial charge is 0.207 e. The van der Waals surface area contributed by atoms with Crippen LogP contribution in [0.2, 0.25) is 0 Å². The number of nitrogens with zero attached hydrogens (tertiary/aromatic N) is 1. The van der Waals surface area contributed by atoms with Gasteiger partial charge in [0.25, 0.3) is 0 Å². The van der Waals surface area contributed by atoms with Gasteiger partial charge in [-0.2, -0.15) is 8.78 Å². The number of halogens is 3. The van der Waals surface area contributed by atoms with Crippen LogP contribution < -0.4 is 9.47 Å². The first-order valence-electron chi connectivity index (χ1n) is 7.59. The molecule has 0 unspecified atom stereocenters. The second-order valence-electron chi connectivity index (χ2n) is 5.82. The minimum atomic E-state index is -1.43. The third kappa shape index (κ3) is 2.99. The molecule has 3 rings (SSSR count). The molecular weight excluding hydrogens is 331 g/mol. The van der Waals surface area contributed by atoms with E-state index >= 15 is 0 Å². The average molecular weight is 347 g/mol. The predicted molar refractivity (Wildman–Crippen MR) is 88.9 cm³/mol. The van der Waals surface area contributed by atoms with Crippen LogP contribution in [0.5, 0.6) is 17.2 Å². The number of ether oxygens (including phenoxy) is 2. The lowest BCUT2D eigenvalue weighted by molar-refractivity contribution is 0.334. The molecule has 2 aromatic carbocycles. The summed E-state index contributed by atoms with van der Waals surface area (Å²) in [5.74, 6) is -4.81. The Morgan fingerprint density at radius 2 is 1.56 bits per heavy atom. The summed E-state index contributed by atoms with van der Waals surface area (Å²) in [5.41, 5.74) is 3.33. The zero-order valence-corrected chi connectivity index (χ0v) is 14.2. The number of methoxy groups -OCH3 is 1. The number of fused-ring (bicyclic) bond motifs is 1. The number of pyridine rings is 1. The van der Waals surface area contributed by atoms with E-state index in [1.54, 1.807) is 19.1 Å². The molecule has 3 nitrogen and oxygen atoms in total. The molecule has 0 radical (unpaired) electrons. The Labute approximate surface area is 143 Å². The van der Waals surface area contributed by atoms with E-state index in [0.717, 1.165) is 35.3 Å². The van der Waals surface area contributed by atoms with Crippen molar-refractivity contribution < 1.29 is 22.6 Å². The lowest BCUT2D eigenvalue weighted by Crippen LogP contribution is -2.00. The molecule has 0 atom stereocenters. The van der Waals surface area contributed by atoms with Gasteiger partial charge in [-0.3, -0.25) is 4.98 Å². The van der Waals surface area contributed by atoms with Gasteiger partial charge in [0.2, 0.25) is 11.6 Å². The Kier molecular flexibility index (Phi) is 4.29. The number of rotatable bonds is 3. The molecule has 1 aromatic heterocycles. The normalized spacial score (nSPS) is 11.0. The number of hydrogen-bond donors (Lipinski definition) is 0. The molecule has 0 aliphatic rings. The standard InChI is InChI=1S/C19H16F3NO2/c1-9-5-12-7-15(10(2)6-14(12)23-11(9)3)25-16-8-13(20)19(24-4)18(22)17(16)21/h5-8H,1-4H3. The van der Waals surface area contributed by atoms with E-state index in [2.05, 4.69) is 9.72 Å². The third-order valence-corrected chi connectivity index (χ3v) is 4.06. The van der Waals surface area contributed by atoms with Gasteiger partial charge in [-0.15, -0.1) is 0 Å². The largest absolute Gasteiger partial charge is 0.491 e. The van der Waals surface area contributed by atoms with E-state index in [-0.39, 0.29) is 0 Å². The van der Waals surface area contributed by atoms with E-state index in [1.165, 1.54) is 0 Å². The molecule has 6 heteroatoms. The molecule has 0 N–H and O–H groups in total. The second-order valence-corrected chi connectivity index (χ2v) is 5.82. The van der Waals surface area contributed by atoms with Crippen molar-refractivity contribution in [2.45, 2.75) is 20.8 Å². The Balaban J connectivity index is 2.09. The summed E-state index contributed by atoms with van der Waals surface area (Å²) in [7, 11) is 1.06. The van der Waals surface area contributed by atoms with Crippen molar-refractivity contribution in [2.75, 3.05) is 7.11 Å². The highest BCUT2D eigenvalue weighted by atomic mass is 19.2. The molecule has 0 aliphatic carbocycles. The van der Waals surface area contributed by atoms with Crippen molar-refractivity contribution in [3.63, 3.8) is 0 Å². The minimum absolute atomic E-state index is 0.292. The first kappa shape index (κ1) is 17.1. The van der Waals surface area contributed by atoms with Crippen molar-refractivity contribution in [1.29, 1.82) is 0 Å². The maximum Gasteiger partial charge on any atom is 0.207 e. The molecule has 0 aliphatic heterocycles. The zero-order chi connectivity index (χ0) is 18.3. The van der Waals surface area contributed by atoms with Crippen LogP contribution in [0.3, 0.4) is 0 Å². The van der Waals surface area contributed by atoms with E-state index < -0.39 is 29.0 Å². The van der Waals surface area contributed by atoms with Gasteiger partial charge in [0.05, 0.1) is 12.6 Å². The van der Waals surface area contributed by atoms with Crippen molar-refractivity contribution in [3.8, 4) is 17.2 Å². The summed E-state index contributed by atoms with van der Waals surface area (Å²) < 4.78 is 51.7. The van der Waals surface area contributed by atoms with Crippen molar-refractivity contribution in [2.24, 2.45) is 0 Å². The average Bonchev–Trinajstić information content (AvgIpc) is 2.55. The van der Waals surface area contributed by atoms with Gasteiger partial charge >= 0.3 is 0 Å². The summed E-state index contributed by atoms with van der Waals surface area (Å²) in [5, 5.41) is 0.790. The van der Waals surface area contributed by atoms with E-state index in [4.69, 9.17) is 4.74 Å². The zero-order valence-electron chi connectivity index (χ0n) is 14.2. The van der Waals surface area contributed by atoms with Crippen molar-refractivity contribution >= 4 is 10.9 Å². The van der Waals surface area contributed by atoms with Gasteiger partial charge in [-0.1, -0.05) is 0 Å². The van der Waals surface area contributed by atoms with E-state index in [0.29, 0.717) is 11.3 Å². The minimum Gasteiger partial charge on any atom is -0.491 e. The molecule has 0 saturated heterocycles. The molecule has 3 aromatic rings. The van der Waals surface area contributed by atoms with Crippen LogP contribution in [0, 0.1) is 38.2 Å². The number of aromatic nitrogens is 1. The predicted octanol–water partition coefficient (Wildman–Crippen LogP) is 5.38. The molecule has 1 heterocycles. The van der Waals surface area contributed by atoms with Crippen LogP contribution in [0.15, 0.2) is 24.3 Å². The number of hydrogen-bond acceptors (Lipinski definition) is 3. The fourth-order valence-corrected chi connectivity index (χ4v) is 2.55. The maximum atomic E-state index is 14.1. The topological polar surface area (TPSA) is 31.4 Å². The Hall–Kier alpha value is -2.76. The highest BCUT2D eigenvalue weighted by Gasteiger charge is 2.21. The fourth-order valence-electron chi connectivity index (χ4n) is 2.55. The Bertz CT molecular complexity index is 987. The van der Waals surface area contributed by atoms with Gasteiger partial charge in [-0.05, 0) is 50.1 Å². The van der Waals surface area contributed by atoms with Gasteiger partial charge < -0.3 is 9.47 Å². The lowest BCUT2D eigenvalue weighted by atomic mass is 10.1. The summed E-state index contributed by atoms with van der Waals surface area (Å²) >= 11 is 0. The van der Waals surface area contributed by atoms with Gasteiger partial charge in [0.1, 0.15) is 5.75 Å². The molecule has 0 amide bonds. The first-order valence-corrected chi connectivity index (χ1v) is 7.59. The first-order chi connectivity index (χ1) is 11.8. The van der Waals surface area contributed by atoms with Crippen LogP contribution in [-0.2, 0) is 0 Å². The van der Waals surface area contributed by atoms with Crippen LogP contribution in [0.25, 0.3) is 10.9 Å². The van der Waals surface area contributed by atoms with E-state index in [9.17, 15) is 13.2 Å². The summed E-state index contributed by atoms with van der Waals surface area (Å²) in [6.07, 6.45) is 0. The molecule has 0 saturated carbocycles. The number of benzene rings is 2. The second kappa shape index (κ2) is 6.27. The highest BCUT2D eigenvalue weighted by Crippen LogP contribution is 2.35. The van der Waals surface area contributed by atoms with Crippen LogP contribution in [0.1, 0.15) is 16.8 Å². The molecule has 130 valence electrons. The quantitative estimate of drug-likeness (QED) is 0.596. The fraction of sp³-hybridized carbons (Fsp3) is 0.211. The summed E-state index contributed by atoms with van der Waals surface area (Å²) in [4.78, 5) is 4.49. The Morgan fingerprint density at radius 3 is 2.24 bits per heavy atom. The van der Waals surface area contributed by atoms with Crippen LogP contribution in [-0.4, -0.2) is 12.1 Å². The molecular formula is C19H16F3NO2. The van der Waals surface area contributed by atoms with Gasteiger partial charge in [0.15, 0.2) is 17.3 Å². The lowest BCUT2D eigenvalue weighted by Gasteiger charge is -2.13. The van der Waals surface area contributed by atoms with Crippen molar-refractivity contribution in [3.05, 3.63) is 58.5 Å². The molecule has 25 heavy (non-hydrogen) atoms. The van der Waals surface area contributed by atoms with Crippen LogP contribution >= 0.6 is 0 Å². The monoisotopic (exact) mass is 347 g/mol. The molecule has 0 fully saturated rings. The highest BCUT2D eigenvalue weighted by molar-refractivity contribution is 5.82. The van der Waals surface area contributed by atoms with E-state index in [1.807, 2.05) is 19.9 Å². The third-order valence-electron chi connectivity index (χ3n) is 4.06. The summed E-state index contributed by atoms with van der Waals surface area (Å²) in [6.45, 7) is 5.59. The number of aryl methyl sites for hydroxylation is 3. The van der Waals surface area contributed by atoms with Crippen LogP contribution in [0.4, 0.5) is 13.2 Å². The Morgan fingerprint density at radius 1 is 0.840 bits per heavy atom. The molecule has 0 spiro atoms. The van der Waals surface area contributed by atoms with Crippen molar-refractivity contribution in [1.82, 2.24) is 4.98 Å². The summed E-state index contributed by atoms with van der Waals surface area (Å²) in [6, 6.07) is 6.14. The molecule has 0 bridgehead atoms. The SMILES string of the molecule is COc1c(F)cc(Oc2cc3cc(C)c(C)nc3cc2C)c(F)c1F.